The van der Waals surface area contributed by atoms with Gasteiger partial charge < -0.3 is 0 Å². The number of carbonyl (C=O) groups excluding carboxylic acids is 2. The highest BCUT2D eigenvalue weighted by atomic mass is 16.6. The molecule has 2 rings (SSSR count). The minimum absolute atomic E-state index is 0.154. The van der Waals surface area contributed by atoms with E-state index in [-0.39, 0.29) is 22.5 Å². The third-order valence-electron chi connectivity index (χ3n) is 4.07. The van der Waals surface area contributed by atoms with E-state index >= 15 is 0 Å². The van der Waals surface area contributed by atoms with Crippen LogP contribution >= 0.6 is 0 Å². The van der Waals surface area contributed by atoms with Crippen molar-refractivity contribution in [1.82, 2.24) is 10.0 Å². The number of nitrogens with zero attached hydrogens (tertiary/aromatic N) is 4. The van der Waals surface area contributed by atoms with Crippen LogP contribution in [0.25, 0.3) is 0 Å². The Morgan fingerprint density at radius 3 is 1.41 bits per heavy atom. The molecule has 0 fully saturated rings. The Labute approximate surface area is 166 Å². The smallest absolute Gasteiger partial charge is 0.267 e. The minimum atomic E-state index is -0.802. The van der Waals surface area contributed by atoms with Crippen LogP contribution in [-0.2, 0) is 0 Å². The molecule has 0 N–H and O–H groups in total. The van der Waals surface area contributed by atoms with Gasteiger partial charge in [0.1, 0.15) is 0 Å². The number of hydrazine groups is 1. The van der Waals surface area contributed by atoms with E-state index in [1.54, 1.807) is 20.8 Å². The van der Waals surface area contributed by atoms with Crippen LogP contribution in [0.2, 0.25) is 0 Å². The number of nitro groups is 2. The molecule has 0 saturated heterocycles. The Morgan fingerprint density at radius 2 is 1.10 bits per heavy atom. The largest absolute Gasteiger partial charge is 0.272 e. The van der Waals surface area contributed by atoms with Gasteiger partial charge in [0.2, 0.25) is 0 Å². The summed E-state index contributed by atoms with van der Waals surface area (Å²) < 4.78 is 0. The van der Waals surface area contributed by atoms with Gasteiger partial charge in [-0.05, 0) is 45.0 Å². The lowest BCUT2D eigenvalue weighted by Crippen LogP contribution is -2.56. The monoisotopic (exact) mass is 400 g/mol. The first-order valence-corrected chi connectivity index (χ1v) is 8.55. The summed E-state index contributed by atoms with van der Waals surface area (Å²) in [4.78, 5) is 46.4. The van der Waals surface area contributed by atoms with E-state index in [0.717, 1.165) is 5.01 Å². The fraction of sp³-hybridized carbons (Fsp3) is 0.263. The minimum Gasteiger partial charge on any atom is -0.267 e. The van der Waals surface area contributed by atoms with E-state index in [2.05, 4.69) is 0 Å². The van der Waals surface area contributed by atoms with E-state index in [4.69, 9.17) is 0 Å². The zero-order valence-corrected chi connectivity index (χ0v) is 16.4. The van der Waals surface area contributed by atoms with Crippen LogP contribution < -0.4 is 0 Å². The Hall–Kier alpha value is -3.82. The maximum Gasteiger partial charge on any atom is 0.272 e. The van der Waals surface area contributed by atoms with E-state index < -0.39 is 27.2 Å². The van der Waals surface area contributed by atoms with Crippen molar-refractivity contribution in [3.8, 4) is 0 Å². The predicted molar refractivity (Wildman–Crippen MR) is 104 cm³/mol. The fourth-order valence-corrected chi connectivity index (χ4v) is 2.74. The van der Waals surface area contributed by atoms with Crippen molar-refractivity contribution in [3.05, 3.63) is 79.9 Å². The maximum absolute atomic E-state index is 13.1. The second-order valence-corrected chi connectivity index (χ2v) is 7.22. The molecule has 0 radical (unpaired) electrons. The van der Waals surface area contributed by atoms with Crippen molar-refractivity contribution in [3.63, 3.8) is 0 Å². The van der Waals surface area contributed by atoms with Gasteiger partial charge in [-0.2, -0.15) is 0 Å². The average Bonchev–Trinajstić information content (AvgIpc) is 2.66. The number of hydrogen-bond acceptors (Lipinski definition) is 6. The summed E-state index contributed by atoms with van der Waals surface area (Å²) in [5.74, 6) is -1.06. The summed E-state index contributed by atoms with van der Waals surface area (Å²) in [6, 6.07) is 10.1. The van der Waals surface area contributed by atoms with Gasteiger partial charge in [0.15, 0.2) is 0 Å². The van der Waals surface area contributed by atoms with Crippen molar-refractivity contribution in [1.29, 1.82) is 0 Å². The molecular formula is C19H20N4O6. The molecule has 0 aromatic heterocycles. The Balaban J connectivity index is 2.35. The first-order valence-electron chi connectivity index (χ1n) is 8.55. The highest BCUT2D eigenvalue weighted by Crippen LogP contribution is 2.23. The normalized spacial score (nSPS) is 10.9. The Morgan fingerprint density at radius 1 is 0.759 bits per heavy atom. The topological polar surface area (TPSA) is 127 Å². The number of hydrogen-bond donors (Lipinski definition) is 0. The van der Waals surface area contributed by atoms with Gasteiger partial charge in [0, 0.05) is 42.4 Å². The van der Waals surface area contributed by atoms with E-state index in [0.29, 0.717) is 0 Å². The van der Waals surface area contributed by atoms with Crippen LogP contribution in [0.4, 0.5) is 11.4 Å². The number of non-ortho nitro benzene ring substituents is 2. The molecule has 0 aliphatic heterocycles. The first-order chi connectivity index (χ1) is 13.4. The highest BCUT2D eigenvalue weighted by molar-refractivity contribution is 5.99. The average molecular weight is 400 g/mol. The second kappa shape index (κ2) is 8.05. The molecule has 2 aromatic rings. The van der Waals surface area contributed by atoms with Gasteiger partial charge in [-0.25, -0.2) is 10.0 Å². The zero-order chi connectivity index (χ0) is 21.9. The van der Waals surface area contributed by atoms with Gasteiger partial charge in [-0.3, -0.25) is 29.8 Å². The van der Waals surface area contributed by atoms with E-state index in [1.165, 1.54) is 60.6 Å². The SMILES string of the molecule is CN(C(=O)c1ccc([N+](=O)[O-])cc1)N(C(=O)c1ccc([N+](=O)[O-])cc1)C(C)(C)C. The second-order valence-electron chi connectivity index (χ2n) is 7.22. The van der Waals surface area contributed by atoms with Gasteiger partial charge in [0.05, 0.1) is 15.4 Å². The van der Waals surface area contributed by atoms with E-state index in [1.807, 2.05) is 0 Å². The Kier molecular flexibility index (Phi) is 5.96. The third kappa shape index (κ3) is 4.72. The molecular weight excluding hydrogens is 380 g/mol. The van der Waals surface area contributed by atoms with E-state index in [9.17, 15) is 29.8 Å². The van der Waals surface area contributed by atoms with Gasteiger partial charge in [-0.1, -0.05) is 0 Å². The van der Waals surface area contributed by atoms with Gasteiger partial charge >= 0.3 is 0 Å². The van der Waals surface area contributed by atoms with Crippen molar-refractivity contribution in [2.45, 2.75) is 26.3 Å². The highest BCUT2D eigenvalue weighted by Gasteiger charge is 2.34. The Bertz CT molecular complexity index is 948. The van der Waals surface area contributed by atoms with Crippen LogP contribution in [0.1, 0.15) is 41.5 Å². The van der Waals surface area contributed by atoms with Crippen LogP contribution in [0.15, 0.2) is 48.5 Å². The van der Waals surface area contributed by atoms with Crippen molar-refractivity contribution in [2.24, 2.45) is 0 Å². The summed E-state index contributed by atoms with van der Waals surface area (Å²) in [6.07, 6.45) is 0. The number of benzene rings is 2. The summed E-state index contributed by atoms with van der Waals surface area (Å²) in [6.45, 7) is 5.20. The van der Waals surface area contributed by atoms with Crippen molar-refractivity contribution < 1.29 is 19.4 Å². The fourth-order valence-electron chi connectivity index (χ4n) is 2.74. The van der Waals surface area contributed by atoms with Crippen LogP contribution in [0, 0.1) is 20.2 Å². The molecule has 0 aliphatic carbocycles. The quantitative estimate of drug-likeness (QED) is 0.571. The van der Waals surface area contributed by atoms with Crippen LogP contribution in [0.5, 0.6) is 0 Å². The third-order valence-corrected chi connectivity index (χ3v) is 4.07. The molecule has 0 bridgehead atoms. The molecule has 0 heterocycles. The molecule has 10 nitrogen and oxygen atoms in total. The molecule has 29 heavy (non-hydrogen) atoms. The van der Waals surface area contributed by atoms with Crippen LogP contribution in [0.3, 0.4) is 0 Å². The molecule has 0 aliphatic rings. The number of carbonyl (C=O) groups is 2. The first kappa shape index (κ1) is 21.5. The molecule has 0 spiro atoms. The molecule has 10 heteroatoms. The number of amides is 2. The maximum atomic E-state index is 13.1. The van der Waals surface area contributed by atoms with Gasteiger partial charge in [-0.15, -0.1) is 0 Å². The molecule has 0 unspecified atom stereocenters. The molecule has 0 atom stereocenters. The lowest BCUT2D eigenvalue weighted by molar-refractivity contribution is -0.385. The van der Waals surface area contributed by atoms with Crippen molar-refractivity contribution in [2.75, 3.05) is 7.05 Å². The summed E-state index contributed by atoms with van der Waals surface area (Å²) in [7, 11) is 1.41. The summed E-state index contributed by atoms with van der Waals surface area (Å²) in [5, 5.41) is 24.0. The van der Waals surface area contributed by atoms with Crippen molar-refractivity contribution >= 4 is 23.2 Å². The predicted octanol–water partition coefficient (Wildman–Crippen LogP) is 3.43. The molecule has 152 valence electrons. The number of nitro benzene ring substituents is 2. The lowest BCUT2D eigenvalue weighted by Gasteiger charge is -2.41. The summed E-state index contributed by atoms with van der Waals surface area (Å²) in [5.41, 5.74) is -0.764. The number of rotatable bonds is 4. The lowest BCUT2D eigenvalue weighted by atomic mass is 10.1. The van der Waals surface area contributed by atoms with Gasteiger partial charge in [0.25, 0.3) is 23.2 Å². The zero-order valence-electron chi connectivity index (χ0n) is 16.4. The molecule has 2 aromatic carbocycles. The van der Waals surface area contributed by atoms with Crippen LogP contribution in [-0.4, -0.2) is 44.3 Å². The molecule has 0 saturated carbocycles. The molecule has 2 amide bonds. The standard InChI is InChI=1S/C19H20N4O6/c1-19(2,3)21(18(25)14-7-11-16(12-8-14)23(28)29)20(4)17(24)13-5-9-15(10-6-13)22(26)27/h5-12H,1-4H3. The summed E-state index contributed by atoms with van der Waals surface area (Å²) >= 11 is 0.